The molecule has 1 aromatic rings. The summed E-state index contributed by atoms with van der Waals surface area (Å²) < 4.78 is 0. The van der Waals surface area contributed by atoms with Crippen LogP contribution in [-0.4, -0.2) is 18.0 Å². The lowest BCUT2D eigenvalue weighted by molar-refractivity contribution is -0.118. The smallest absolute Gasteiger partial charge is 0.329 e. The van der Waals surface area contributed by atoms with E-state index < -0.39 is 6.04 Å². The summed E-state index contributed by atoms with van der Waals surface area (Å²) in [6, 6.07) is 5.90. The topological polar surface area (TPSA) is 75.4 Å². The zero-order valence-electron chi connectivity index (χ0n) is 8.93. The highest BCUT2D eigenvalue weighted by molar-refractivity contribution is 6.21. The number of hydrogen-bond donors (Lipinski definition) is 2. The predicted octanol–water partition coefficient (Wildman–Crippen LogP) is 1.10. The molecular formula is C11H13N3O2. The van der Waals surface area contributed by atoms with Crippen molar-refractivity contribution in [1.29, 1.82) is 0 Å². The number of carbonyl (C=O) groups excluding carboxylic acids is 2. The SMILES string of the molecule is CC[C@@H]1NC(=O)N(c2cccc(N)c2)C1=O. The molecule has 2 rings (SSSR count). The van der Waals surface area contributed by atoms with Gasteiger partial charge in [0.1, 0.15) is 6.04 Å². The van der Waals surface area contributed by atoms with Crippen LogP contribution in [0.1, 0.15) is 13.3 Å². The summed E-state index contributed by atoms with van der Waals surface area (Å²) in [5.41, 5.74) is 6.65. The Labute approximate surface area is 93.2 Å². The Hall–Kier alpha value is -2.04. The Morgan fingerprint density at radius 3 is 2.75 bits per heavy atom. The van der Waals surface area contributed by atoms with E-state index in [1.54, 1.807) is 24.3 Å². The minimum atomic E-state index is -0.422. The van der Waals surface area contributed by atoms with Gasteiger partial charge in [-0.3, -0.25) is 4.79 Å². The highest BCUT2D eigenvalue weighted by Crippen LogP contribution is 2.22. The predicted molar refractivity (Wildman–Crippen MR) is 61.0 cm³/mol. The molecule has 1 aromatic carbocycles. The third-order valence-electron chi connectivity index (χ3n) is 2.56. The van der Waals surface area contributed by atoms with Crippen LogP contribution < -0.4 is 16.0 Å². The number of benzene rings is 1. The number of anilines is 2. The number of nitrogens with zero attached hydrogens (tertiary/aromatic N) is 1. The molecule has 16 heavy (non-hydrogen) atoms. The molecule has 3 amide bonds. The van der Waals surface area contributed by atoms with Crippen molar-refractivity contribution in [3.05, 3.63) is 24.3 Å². The Kier molecular flexibility index (Phi) is 2.52. The first-order chi connectivity index (χ1) is 7.63. The molecule has 1 aliphatic heterocycles. The molecule has 0 saturated carbocycles. The lowest BCUT2D eigenvalue weighted by atomic mass is 10.2. The van der Waals surface area contributed by atoms with Gasteiger partial charge in [-0.1, -0.05) is 13.0 Å². The maximum Gasteiger partial charge on any atom is 0.329 e. The molecule has 5 heteroatoms. The van der Waals surface area contributed by atoms with Gasteiger partial charge in [0, 0.05) is 5.69 Å². The van der Waals surface area contributed by atoms with E-state index in [1.165, 1.54) is 0 Å². The monoisotopic (exact) mass is 219 g/mol. The van der Waals surface area contributed by atoms with Crippen LogP contribution in [0.5, 0.6) is 0 Å². The van der Waals surface area contributed by atoms with Crippen molar-refractivity contribution in [2.45, 2.75) is 19.4 Å². The Bertz CT molecular complexity index is 445. The van der Waals surface area contributed by atoms with E-state index in [-0.39, 0.29) is 11.9 Å². The molecule has 1 fully saturated rings. The summed E-state index contributed by atoms with van der Waals surface area (Å²) in [5.74, 6) is -0.224. The van der Waals surface area contributed by atoms with E-state index in [2.05, 4.69) is 5.32 Å². The lowest BCUT2D eigenvalue weighted by Gasteiger charge is -2.12. The van der Waals surface area contributed by atoms with Crippen LogP contribution in [-0.2, 0) is 4.79 Å². The average molecular weight is 219 g/mol. The quantitative estimate of drug-likeness (QED) is 0.577. The molecule has 1 saturated heterocycles. The summed E-state index contributed by atoms with van der Waals surface area (Å²) in [7, 11) is 0. The summed E-state index contributed by atoms with van der Waals surface area (Å²) in [6.07, 6.45) is 0.587. The largest absolute Gasteiger partial charge is 0.399 e. The molecule has 1 atom stereocenters. The lowest BCUT2D eigenvalue weighted by Crippen LogP contribution is -2.31. The van der Waals surface area contributed by atoms with Gasteiger partial charge in [-0.15, -0.1) is 0 Å². The second-order valence-electron chi connectivity index (χ2n) is 3.68. The van der Waals surface area contributed by atoms with Crippen molar-refractivity contribution in [3.63, 3.8) is 0 Å². The number of nitrogens with one attached hydrogen (secondary N) is 1. The summed E-state index contributed by atoms with van der Waals surface area (Å²) >= 11 is 0. The number of nitrogen functional groups attached to an aromatic ring is 1. The van der Waals surface area contributed by atoms with Gasteiger partial charge in [0.15, 0.2) is 0 Å². The van der Waals surface area contributed by atoms with Crippen molar-refractivity contribution in [1.82, 2.24) is 5.32 Å². The maximum atomic E-state index is 11.9. The number of amides is 3. The minimum Gasteiger partial charge on any atom is -0.399 e. The summed E-state index contributed by atoms with van der Waals surface area (Å²) in [5, 5.41) is 2.62. The highest BCUT2D eigenvalue weighted by atomic mass is 16.2. The van der Waals surface area contributed by atoms with Gasteiger partial charge in [-0.25, -0.2) is 9.69 Å². The first kappa shape index (κ1) is 10.5. The number of rotatable bonds is 2. The van der Waals surface area contributed by atoms with E-state index in [0.717, 1.165) is 4.90 Å². The Balaban J connectivity index is 2.34. The van der Waals surface area contributed by atoms with E-state index >= 15 is 0 Å². The number of imide groups is 1. The second-order valence-corrected chi connectivity index (χ2v) is 3.68. The number of hydrogen-bond acceptors (Lipinski definition) is 3. The van der Waals surface area contributed by atoms with Gasteiger partial charge in [0.25, 0.3) is 5.91 Å². The van der Waals surface area contributed by atoms with Crippen LogP contribution in [0.25, 0.3) is 0 Å². The first-order valence-corrected chi connectivity index (χ1v) is 5.13. The van der Waals surface area contributed by atoms with Crippen LogP contribution in [0.4, 0.5) is 16.2 Å². The zero-order valence-corrected chi connectivity index (χ0v) is 8.93. The maximum absolute atomic E-state index is 11.9. The average Bonchev–Trinajstić information content (AvgIpc) is 2.53. The van der Waals surface area contributed by atoms with Crippen LogP contribution in [0, 0.1) is 0 Å². The minimum absolute atomic E-state index is 0.224. The molecule has 0 radical (unpaired) electrons. The molecule has 0 spiro atoms. The van der Waals surface area contributed by atoms with Gasteiger partial charge >= 0.3 is 6.03 Å². The van der Waals surface area contributed by atoms with Crippen molar-refractivity contribution >= 4 is 23.3 Å². The molecule has 1 aliphatic rings. The van der Waals surface area contributed by atoms with Crippen molar-refractivity contribution in [3.8, 4) is 0 Å². The Morgan fingerprint density at radius 1 is 1.44 bits per heavy atom. The third kappa shape index (κ3) is 1.60. The van der Waals surface area contributed by atoms with Crippen LogP contribution in [0.3, 0.4) is 0 Å². The number of urea groups is 1. The highest BCUT2D eigenvalue weighted by Gasteiger charge is 2.37. The van der Waals surface area contributed by atoms with Crippen molar-refractivity contribution in [2.24, 2.45) is 0 Å². The van der Waals surface area contributed by atoms with E-state index in [1.807, 2.05) is 6.92 Å². The van der Waals surface area contributed by atoms with Crippen molar-refractivity contribution < 1.29 is 9.59 Å². The van der Waals surface area contributed by atoms with Crippen LogP contribution >= 0.6 is 0 Å². The number of nitrogens with two attached hydrogens (primary N) is 1. The van der Waals surface area contributed by atoms with E-state index in [9.17, 15) is 9.59 Å². The molecule has 0 aromatic heterocycles. The third-order valence-corrected chi connectivity index (χ3v) is 2.56. The zero-order chi connectivity index (χ0) is 11.7. The standard InChI is InChI=1S/C11H13N3O2/c1-2-9-10(15)14(11(16)13-9)8-5-3-4-7(12)6-8/h3-6,9H,2,12H2,1H3,(H,13,16)/t9-/m0/s1. The summed E-state index contributed by atoms with van der Waals surface area (Å²) in [6.45, 7) is 1.85. The van der Waals surface area contributed by atoms with Gasteiger partial charge < -0.3 is 11.1 Å². The normalized spacial score (nSPS) is 20.1. The van der Waals surface area contributed by atoms with Crippen LogP contribution in [0.2, 0.25) is 0 Å². The summed E-state index contributed by atoms with van der Waals surface area (Å²) in [4.78, 5) is 24.6. The molecule has 0 aliphatic carbocycles. The van der Waals surface area contributed by atoms with E-state index in [4.69, 9.17) is 5.73 Å². The molecule has 3 N–H and O–H groups in total. The fraction of sp³-hybridized carbons (Fsp3) is 0.273. The Morgan fingerprint density at radius 2 is 2.19 bits per heavy atom. The molecular weight excluding hydrogens is 206 g/mol. The number of carbonyl (C=O) groups is 2. The molecule has 1 heterocycles. The molecule has 84 valence electrons. The van der Waals surface area contributed by atoms with Crippen molar-refractivity contribution in [2.75, 3.05) is 10.6 Å². The molecule has 5 nitrogen and oxygen atoms in total. The first-order valence-electron chi connectivity index (χ1n) is 5.13. The van der Waals surface area contributed by atoms with E-state index in [0.29, 0.717) is 17.8 Å². The van der Waals surface area contributed by atoms with Gasteiger partial charge in [-0.2, -0.15) is 0 Å². The second kappa shape index (κ2) is 3.84. The van der Waals surface area contributed by atoms with Gasteiger partial charge in [-0.05, 0) is 24.6 Å². The van der Waals surface area contributed by atoms with Gasteiger partial charge in [0.05, 0.1) is 5.69 Å². The fourth-order valence-corrected chi connectivity index (χ4v) is 1.72. The van der Waals surface area contributed by atoms with Crippen LogP contribution in [0.15, 0.2) is 24.3 Å². The fourth-order valence-electron chi connectivity index (χ4n) is 1.72. The van der Waals surface area contributed by atoms with Gasteiger partial charge in [0.2, 0.25) is 0 Å². The molecule has 0 unspecified atom stereocenters. The molecule has 0 bridgehead atoms.